The molecule has 36 heavy (non-hydrogen) atoms. The SMILES string of the molecule is Cc1ccc(S(=O)(=O)CCC2CCC(c3cc(NCc4cccnc4)n4ncc(Br)c4n3)CC2)cc1. The topological polar surface area (TPSA) is 89.2 Å². The van der Waals surface area contributed by atoms with Gasteiger partial charge in [0, 0.05) is 36.6 Å². The van der Waals surface area contributed by atoms with E-state index in [1.54, 1.807) is 24.5 Å². The van der Waals surface area contributed by atoms with Crippen LogP contribution in [0.15, 0.2) is 70.4 Å². The largest absolute Gasteiger partial charge is 0.366 e. The minimum absolute atomic E-state index is 0.209. The number of hydrogen-bond acceptors (Lipinski definition) is 6. The fourth-order valence-corrected chi connectivity index (χ4v) is 6.70. The second kappa shape index (κ2) is 10.7. The van der Waals surface area contributed by atoms with Crippen molar-refractivity contribution in [2.24, 2.45) is 5.92 Å². The Bertz CT molecular complexity index is 1430. The lowest BCUT2D eigenvalue weighted by atomic mass is 9.79. The standard InChI is InChI=1S/C27H30BrN5O2S/c1-19-4-10-23(11-5-19)36(34,35)14-12-20-6-8-22(9-7-20)25-15-26(30-17-21-3-2-13-29-16-21)33-27(32-25)24(28)18-31-33/h2-5,10-11,13,15-16,18,20,22,30H,6-9,12,14,17H2,1H3. The first-order valence-electron chi connectivity index (χ1n) is 12.4. The highest BCUT2D eigenvalue weighted by Crippen LogP contribution is 2.38. The summed E-state index contributed by atoms with van der Waals surface area (Å²) in [7, 11) is -3.24. The van der Waals surface area contributed by atoms with Crippen molar-refractivity contribution in [1.82, 2.24) is 19.6 Å². The molecule has 0 radical (unpaired) electrons. The monoisotopic (exact) mass is 567 g/mol. The van der Waals surface area contributed by atoms with E-state index in [0.29, 0.717) is 29.7 Å². The molecule has 0 saturated heterocycles. The Morgan fingerprint density at radius 1 is 1.08 bits per heavy atom. The van der Waals surface area contributed by atoms with Gasteiger partial charge in [-0.25, -0.2) is 13.4 Å². The normalized spacial score (nSPS) is 18.4. The molecule has 188 valence electrons. The van der Waals surface area contributed by atoms with E-state index in [-0.39, 0.29) is 5.75 Å². The van der Waals surface area contributed by atoms with Crippen LogP contribution in [0.3, 0.4) is 0 Å². The number of pyridine rings is 1. The Kier molecular flexibility index (Phi) is 7.39. The van der Waals surface area contributed by atoms with Crippen molar-refractivity contribution in [3.05, 3.63) is 82.3 Å². The van der Waals surface area contributed by atoms with E-state index in [9.17, 15) is 8.42 Å². The van der Waals surface area contributed by atoms with E-state index in [2.05, 4.69) is 37.4 Å². The van der Waals surface area contributed by atoms with Crippen LogP contribution in [0.1, 0.15) is 54.8 Å². The molecule has 3 heterocycles. The summed E-state index contributed by atoms with van der Waals surface area (Å²) < 4.78 is 28.2. The zero-order valence-electron chi connectivity index (χ0n) is 20.3. The smallest absolute Gasteiger partial charge is 0.178 e. The quantitative estimate of drug-likeness (QED) is 0.283. The van der Waals surface area contributed by atoms with E-state index < -0.39 is 9.84 Å². The number of hydrogen-bond donors (Lipinski definition) is 1. The molecule has 0 atom stereocenters. The highest BCUT2D eigenvalue weighted by Gasteiger charge is 2.26. The van der Waals surface area contributed by atoms with E-state index >= 15 is 0 Å². The lowest BCUT2D eigenvalue weighted by Gasteiger charge is -2.28. The minimum atomic E-state index is -3.24. The predicted octanol–water partition coefficient (Wildman–Crippen LogP) is 5.95. The molecule has 7 nitrogen and oxygen atoms in total. The van der Waals surface area contributed by atoms with Crippen LogP contribution in [0.25, 0.3) is 5.65 Å². The molecule has 0 bridgehead atoms. The summed E-state index contributed by atoms with van der Waals surface area (Å²) in [5.41, 5.74) is 4.02. The molecular weight excluding hydrogens is 538 g/mol. The van der Waals surface area contributed by atoms with Crippen LogP contribution < -0.4 is 5.32 Å². The first-order chi connectivity index (χ1) is 17.4. The van der Waals surface area contributed by atoms with Gasteiger partial charge >= 0.3 is 0 Å². The van der Waals surface area contributed by atoms with Crippen LogP contribution in [-0.2, 0) is 16.4 Å². The third kappa shape index (κ3) is 5.62. The number of benzene rings is 1. The highest BCUT2D eigenvalue weighted by atomic mass is 79.9. The first kappa shape index (κ1) is 24.9. The summed E-state index contributed by atoms with van der Waals surface area (Å²) in [6, 6.07) is 13.2. The predicted molar refractivity (Wildman–Crippen MR) is 145 cm³/mol. The summed E-state index contributed by atoms with van der Waals surface area (Å²) in [6.07, 6.45) is 10.1. The molecule has 9 heteroatoms. The zero-order valence-corrected chi connectivity index (χ0v) is 22.7. The Balaban J connectivity index is 1.24. The number of halogens is 1. The first-order valence-corrected chi connectivity index (χ1v) is 14.8. The molecule has 5 rings (SSSR count). The molecule has 1 aliphatic rings. The number of rotatable bonds is 8. The van der Waals surface area contributed by atoms with Gasteiger partial charge in [0.1, 0.15) is 5.82 Å². The molecule has 1 saturated carbocycles. The molecule has 4 aromatic rings. The summed E-state index contributed by atoms with van der Waals surface area (Å²) in [6.45, 7) is 2.61. The molecule has 3 aromatic heterocycles. The van der Waals surface area contributed by atoms with Gasteiger partial charge in [-0.05, 0) is 84.6 Å². The molecule has 1 fully saturated rings. The van der Waals surface area contributed by atoms with Gasteiger partial charge in [0.15, 0.2) is 15.5 Å². The second-order valence-corrected chi connectivity index (χ2v) is 12.6. The Hall–Kier alpha value is -2.78. The number of anilines is 1. The number of aryl methyl sites for hydroxylation is 1. The molecule has 0 unspecified atom stereocenters. The maximum absolute atomic E-state index is 12.8. The van der Waals surface area contributed by atoms with Gasteiger partial charge in [-0.3, -0.25) is 4.98 Å². The van der Waals surface area contributed by atoms with Gasteiger partial charge in [0.05, 0.1) is 21.3 Å². The van der Waals surface area contributed by atoms with Crippen molar-refractivity contribution in [1.29, 1.82) is 0 Å². The summed E-state index contributed by atoms with van der Waals surface area (Å²) in [4.78, 5) is 9.56. The van der Waals surface area contributed by atoms with Crippen molar-refractivity contribution in [3.8, 4) is 0 Å². The van der Waals surface area contributed by atoms with E-state index in [0.717, 1.165) is 58.4 Å². The summed E-state index contributed by atoms with van der Waals surface area (Å²) in [5, 5.41) is 7.97. The van der Waals surface area contributed by atoms with Gasteiger partial charge in [-0.15, -0.1) is 0 Å². The van der Waals surface area contributed by atoms with Crippen LogP contribution in [0, 0.1) is 12.8 Å². The number of fused-ring (bicyclic) bond motifs is 1. The van der Waals surface area contributed by atoms with Crippen molar-refractivity contribution >= 4 is 37.2 Å². The lowest BCUT2D eigenvalue weighted by Crippen LogP contribution is -2.18. The zero-order chi connectivity index (χ0) is 25.1. The van der Waals surface area contributed by atoms with Crippen molar-refractivity contribution in [2.75, 3.05) is 11.1 Å². The second-order valence-electron chi connectivity index (χ2n) is 9.65. The van der Waals surface area contributed by atoms with Crippen LogP contribution >= 0.6 is 15.9 Å². The van der Waals surface area contributed by atoms with Gasteiger partial charge in [0.2, 0.25) is 0 Å². The number of aromatic nitrogens is 4. The van der Waals surface area contributed by atoms with Gasteiger partial charge in [-0.2, -0.15) is 9.61 Å². The van der Waals surface area contributed by atoms with Crippen molar-refractivity contribution < 1.29 is 8.42 Å². The van der Waals surface area contributed by atoms with Crippen molar-refractivity contribution in [2.45, 2.75) is 56.4 Å². The number of nitrogens with zero attached hydrogens (tertiary/aromatic N) is 4. The average molecular weight is 569 g/mol. The van der Waals surface area contributed by atoms with E-state index in [4.69, 9.17) is 4.98 Å². The Morgan fingerprint density at radius 3 is 2.58 bits per heavy atom. The third-order valence-corrected chi connectivity index (χ3v) is 9.41. The molecule has 1 aromatic carbocycles. The van der Waals surface area contributed by atoms with Gasteiger partial charge < -0.3 is 5.32 Å². The van der Waals surface area contributed by atoms with Crippen LogP contribution in [-0.4, -0.2) is 33.8 Å². The molecule has 0 aliphatic heterocycles. The van der Waals surface area contributed by atoms with Crippen molar-refractivity contribution in [3.63, 3.8) is 0 Å². The summed E-state index contributed by atoms with van der Waals surface area (Å²) >= 11 is 3.59. The molecular formula is C27H30BrN5O2S. The Labute approximate surface area is 220 Å². The fraction of sp³-hybridized carbons (Fsp3) is 0.370. The average Bonchev–Trinajstić information content (AvgIpc) is 3.28. The fourth-order valence-electron chi connectivity index (χ4n) is 4.92. The van der Waals surface area contributed by atoms with Crippen LogP contribution in [0.2, 0.25) is 0 Å². The maximum atomic E-state index is 12.8. The number of nitrogens with one attached hydrogen (secondary N) is 1. The van der Waals surface area contributed by atoms with Crippen LogP contribution in [0.4, 0.5) is 5.82 Å². The number of sulfone groups is 1. The minimum Gasteiger partial charge on any atom is -0.366 e. The van der Waals surface area contributed by atoms with E-state index in [1.165, 1.54) is 0 Å². The lowest BCUT2D eigenvalue weighted by molar-refractivity contribution is 0.316. The van der Waals surface area contributed by atoms with E-state index in [1.807, 2.05) is 41.9 Å². The summed E-state index contributed by atoms with van der Waals surface area (Å²) in [5.74, 6) is 1.88. The highest BCUT2D eigenvalue weighted by molar-refractivity contribution is 9.10. The third-order valence-electron chi connectivity index (χ3n) is 7.08. The molecule has 0 amide bonds. The van der Waals surface area contributed by atoms with Crippen LogP contribution in [0.5, 0.6) is 0 Å². The van der Waals surface area contributed by atoms with Gasteiger partial charge in [-0.1, -0.05) is 23.8 Å². The molecule has 1 aliphatic carbocycles. The molecule has 1 N–H and O–H groups in total. The molecule has 0 spiro atoms. The Morgan fingerprint density at radius 2 is 1.86 bits per heavy atom. The maximum Gasteiger partial charge on any atom is 0.178 e. The van der Waals surface area contributed by atoms with Gasteiger partial charge in [0.25, 0.3) is 0 Å².